The van der Waals surface area contributed by atoms with Crippen LogP contribution in [0.1, 0.15) is 123 Å². The van der Waals surface area contributed by atoms with Crippen LogP contribution in [0.4, 0.5) is 17.1 Å². The predicted octanol–water partition coefficient (Wildman–Crippen LogP) is 15.5. The Labute approximate surface area is 352 Å². The number of benzene rings is 7. The number of anilines is 3. The molecule has 0 bridgehead atoms. The zero-order chi connectivity index (χ0) is 40.5. The highest BCUT2D eigenvalue weighted by molar-refractivity contribution is 5.98. The summed E-state index contributed by atoms with van der Waals surface area (Å²) < 4.78 is 0. The number of para-hydroxylation sites is 1. The molecule has 0 radical (unpaired) electrons. The van der Waals surface area contributed by atoms with Gasteiger partial charge >= 0.3 is 0 Å². The Hall–Kier alpha value is -5.66. The maximum atomic E-state index is 2.71. The Morgan fingerprint density at radius 1 is 0.492 bits per heavy atom. The summed E-state index contributed by atoms with van der Waals surface area (Å²) in [6.07, 6.45) is 7.04. The topological polar surface area (TPSA) is 3.24 Å². The molecule has 0 N–H and O–H groups in total. The van der Waals surface area contributed by atoms with Gasteiger partial charge in [0, 0.05) is 11.3 Å². The van der Waals surface area contributed by atoms with Gasteiger partial charge in [0.1, 0.15) is 0 Å². The van der Waals surface area contributed by atoms with Crippen molar-refractivity contribution in [2.75, 3.05) is 4.90 Å². The van der Waals surface area contributed by atoms with Crippen molar-refractivity contribution in [1.82, 2.24) is 0 Å². The molecule has 0 amide bonds. The first kappa shape index (κ1) is 37.6. The minimum absolute atomic E-state index is 0.0139. The molecule has 0 spiro atoms. The number of hydrogen-bond donors (Lipinski definition) is 0. The lowest BCUT2D eigenvalue weighted by molar-refractivity contribution is 0.333. The van der Waals surface area contributed by atoms with E-state index in [0.717, 1.165) is 19.3 Å². The summed E-state index contributed by atoms with van der Waals surface area (Å²) in [4.78, 5) is 2.71. The third-order valence-corrected chi connectivity index (χ3v) is 14.3. The summed E-state index contributed by atoms with van der Waals surface area (Å²) in [6.45, 7) is 14.7. The second kappa shape index (κ2) is 14.3. The number of rotatable bonds is 7. The summed E-state index contributed by atoms with van der Waals surface area (Å²) >= 11 is 0. The molecule has 3 aliphatic carbocycles. The highest BCUT2D eigenvalue weighted by atomic mass is 15.2. The average molecular weight is 768 g/mol. The second-order valence-electron chi connectivity index (χ2n) is 19.1. The summed E-state index contributed by atoms with van der Waals surface area (Å²) in [5.74, 6) is 0.350. The van der Waals surface area contributed by atoms with Gasteiger partial charge in [-0.1, -0.05) is 175 Å². The molecule has 0 heterocycles. The molecule has 7 aromatic rings. The van der Waals surface area contributed by atoms with Crippen LogP contribution in [-0.2, 0) is 29.1 Å². The second-order valence-corrected chi connectivity index (χ2v) is 19.1. The Bertz CT molecular complexity index is 2640. The molecule has 0 aliphatic heterocycles. The van der Waals surface area contributed by atoms with E-state index in [-0.39, 0.29) is 10.8 Å². The van der Waals surface area contributed by atoms with Gasteiger partial charge in [0.15, 0.2) is 0 Å². The van der Waals surface area contributed by atoms with Crippen LogP contribution in [0, 0.1) is 0 Å². The third-order valence-electron chi connectivity index (χ3n) is 14.3. The molecule has 1 heteroatoms. The number of fused-ring (bicyclic) bond motifs is 5. The maximum absolute atomic E-state index is 2.71. The van der Waals surface area contributed by atoms with E-state index in [0.29, 0.717) is 5.92 Å². The smallest absolute Gasteiger partial charge is 0.0714 e. The van der Waals surface area contributed by atoms with E-state index < -0.39 is 5.41 Å². The monoisotopic (exact) mass is 767 g/mol. The maximum Gasteiger partial charge on any atom is 0.0714 e. The summed E-state index contributed by atoms with van der Waals surface area (Å²) in [7, 11) is 0. The Kier molecular flexibility index (Phi) is 9.09. The first-order chi connectivity index (χ1) is 28.6. The van der Waals surface area contributed by atoms with Crippen molar-refractivity contribution in [2.45, 2.75) is 102 Å². The summed E-state index contributed by atoms with van der Waals surface area (Å²) in [5.41, 5.74) is 21.5. The van der Waals surface area contributed by atoms with Crippen molar-refractivity contribution in [1.29, 1.82) is 0 Å². The SMILES string of the molecule is CC(C)c1ccc2c(c1N(c1ccccc1)c1cc3c(cc1-c1cccc4c1C(C)(C)CCC4(C)C)-c1ccccc1C3(c1ccccc1)c1ccccc1)CCCC2. The highest BCUT2D eigenvalue weighted by Gasteiger charge is 2.47. The Morgan fingerprint density at radius 2 is 1.08 bits per heavy atom. The minimum atomic E-state index is -0.515. The van der Waals surface area contributed by atoms with Crippen LogP contribution in [0.5, 0.6) is 0 Å². The van der Waals surface area contributed by atoms with Gasteiger partial charge in [-0.25, -0.2) is 0 Å². The first-order valence-electron chi connectivity index (χ1n) is 22.1. The molecular weight excluding hydrogens is 711 g/mol. The van der Waals surface area contributed by atoms with E-state index in [1.165, 1.54) is 109 Å². The van der Waals surface area contributed by atoms with Gasteiger partial charge in [-0.3, -0.25) is 0 Å². The van der Waals surface area contributed by atoms with Gasteiger partial charge in [-0.15, -0.1) is 0 Å². The molecule has 10 rings (SSSR count). The van der Waals surface area contributed by atoms with E-state index in [1.807, 2.05) is 0 Å². The van der Waals surface area contributed by atoms with E-state index in [4.69, 9.17) is 0 Å². The minimum Gasteiger partial charge on any atom is -0.309 e. The standard InChI is InChI=1S/C58H57N/c1-39(2)44-34-33-40-21-16-17-28-45(40)55(44)59(43-26-14-9-15-27-43)53-38-52-48(37-49(53)47-30-20-32-51-54(47)57(5,6)36-35-56(51,3)4)46-29-18-19-31-50(46)58(52,41-22-10-7-11-23-41)42-24-12-8-13-25-42/h7-15,18-20,22-27,29-34,37-39H,16-17,21,28,35-36H2,1-6H3. The van der Waals surface area contributed by atoms with Crippen molar-refractivity contribution >= 4 is 17.1 Å². The zero-order valence-electron chi connectivity index (χ0n) is 35.8. The van der Waals surface area contributed by atoms with Gasteiger partial charge < -0.3 is 4.90 Å². The largest absolute Gasteiger partial charge is 0.309 e. The molecule has 59 heavy (non-hydrogen) atoms. The highest BCUT2D eigenvalue weighted by Crippen LogP contribution is 2.60. The van der Waals surface area contributed by atoms with Crippen molar-refractivity contribution < 1.29 is 0 Å². The van der Waals surface area contributed by atoms with Gasteiger partial charge in [0.25, 0.3) is 0 Å². The van der Waals surface area contributed by atoms with Crippen LogP contribution in [-0.4, -0.2) is 0 Å². The van der Waals surface area contributed by atoms with Crippen LogP contribution in [0.15, 0.2) is 158 Å². The molecule has 0 saturated carbocycles. The molecular formula is C58H57N. The molecule has 0 saturated heterocycles. The lowest BCUT2D eigenvalue weighted by Gasteiger charge is -2.43. The molecule has 0 aromatic heterocycles. The Morgan fingerprint density at radius 3 is 1.78 bits per heavy atom. The van der Waals surface area contributed by atoms with E-state index in [9.17, 15) is 0 Å². The molecule has 7 aromatic carbocycles. The molecule has 0 atom stereocenters. The first-order valence-corrected chi connectivity index (χ1v) is 22.1. The summed E-state index contributed by atoms with van der Waals surface area (Å²) in [6, 6.07) is 60.5. The van der Waals surface area contributed by atoms with E-state index in [2.05, 4.69) is 204 Å². The fourth-order valence-corrected chi connectivity index (χ4v) is 11.4. The van der Waals surface area contributed by atoms with Crippen molar-refractivity contribution in [3.8, 4) is 22.3 Å². The van der Waals surface area contributed by atoms with Crippen molar-refractivity contribution in [3.05, 3.63) is 208 Å². The van der Waals surface area contributed by atoms with Gasteiger partial charge in [-0.2, -0.15) is 0 Å². The molecule has 1 nitrogen and oxygen atoms in total. The average Bonchev–Trinajstić information content (AvgIpc) is 3.56. The van der Waals surface area contributed by atoms with Crippen LogP contribution >= 0.6 is 0 Å². The summed E-state index contributed by atoms with van der Waals surface area (Å²) in [5, 5.41) is 0. The number of hydrogen-bond acceptors (Lipinski definition) is 1. The van der Waals surface area contributed by atoms with Crippen LogP contribution in [0.25, 0.3) is 22.3 Å². The quantitative estimate of drug-likeness (QED) is 0.156. The zero-order valence-corrected chi connectivity index (χ0v) is 35.8. The van der Waals surface area contributed by atoms with Crippen LogP contribution in [0.3, 0.4) is 0 Å². The lowest BCUT2D eigenvalue weighted by atomic mass is 9.61. The predicted molar refractivity (Wildman–Crippen MR) is 250 cm³/mol. The molecule has 0 unspecified atom stereocenters. The third kappa shape index (κ3) is 5.87. The lowest BCUT2D eigenvalue weighted by Crippen LogP contribution is -2.34. The molecule has 3 aliphatic rings. The number of nitrogens with zero attached hydrogens (tertiary/aromatic N) is 1. The fraction of sp³-hybridized carbons (Fsp3) is 0.276. The normalized spacial score (nSPS) is 16.8. The Balaban J connectivity index is 1.41. The van der Waals surface area contributed by atoms with E-state index >= 15 is 0 Å². The number of aryl methyl sites for hydroxylation is 1. The van der Waals surface area contributed by atoms with Gasteiger partial charge in [-0.05, 0) is 146 Å². The van der Waals surface area contributed by atoms with Crippen LogP contribution in [0.2, 0.25) is 0 Å². The van der Waals surface area contributed by atoms with Crippen LogP contribution < -0.4 is 4.90 Å². The fourth-order valence-electron chi connectivity index (χ4n) is 11.4. The molecule has 0 fully saturated rings. The van der Waals surface area contributed by atoms with Crippen molar-refractivity contribution in [3.63, 3.8) is 0 Å². The van der Waals surface area contributed by atoms with E-state index in [1.54, 1.807) is 0 Å². The molecule has 294 valence electrons. The van der Waals surface area contributed by atoms with Gasteiger partial charge in [0.2, 0.25) is 0 Å². The van der Waals surface area contributed by atoms with Gasteiger partial charge in [0.05, 0.1) is 16.8 Å². The van der Waals surface area contributed by atoms with Crippen molar-refractivity contribution in [2.24, 2.45) is 0 Å².